The van der Waals surface area contributed by atoms with E-state index in [9.17, 15) is 0 Å². The molecule has 0 amide bonds. The maximum atomic E-state index is 4.12. The maximum absolute atomic E-state index is 4.12. The molecule has 0 nitrogen and oxygen atoms in total. The fraction of sp³-hybridized carbons (Fsp3) is 0. The zero-order valence-electron chi connectivity index (χ0n) is 4.52. The van der Waals surface area contributed by atoms with Crippen LogP contribution in [0.2, 0.25) is 0 Å². The van der Waals surface area contributed by atoms with Crippen molar-refractivity contribution < 1.29 is 16.5 Å². The first-order chi connectivity index (χ1) is 3.80. The second kappa shape index (κ2) is 4.26. The second-order valence-electron chi connectivity index (χ2n) is 1.49. The zero-order chi connectivity index (χ0) is 5.98. The van der Waals surface area contributed by atoms with Crippen molar-refractivity contribution in [2.45, 2.75) is 9.79 Å². The molecule has 0 aliphatic rings. The zero-order valence-corrected chi connectivity index (χ0v) is 7.30. The molecular weight excluding hydrogens is 195 g/mol. The van der Waals surface area contributed by atoms with E-state index in [-0.39, 0.29) is 16.5 Å². The third-order valence-corrected chi connectivity index (χ3v) is 1.84. The molecule has 1 aromatic rings. The topological polar surface area (TPSA) is 0 Å². The van der Waals surface area contributed by atoms with Gasteiger partial charge < -0.3 is 0 Å². The average molecular weight is 201 g/mol. The van der Waals surface area contributed by atoms with Gasteiger partial charge in [0, 0.05) is 26.3 Å². The molecule has 1 rings (SSSR count). The molecule has 0 radical (unpaired) electrons. The van der Waals surface area contributed by atoms with Crippen molar-refractivity contribution in [2.75, 3.05) is 0 Å². The van der Waals surface area contributed by atoms with E-state index in [1.165, 1.54) is 0 Å². The van der Waals surface area contributed by atoms with Gasteiger partial charge in [-0.2, -0.15) is 0 Å². The van der Waals surface area contributed by atoms with E-state index in [1.54, 1.807) is 0 Å². The summed E-state index contributed by atoms with van der Waals surface area (Å²) < 4.78 is 0. The molecule has 0 spiro atoms. The van der Waals surface area contributed by atoms with Gasteiger partial charge in [-0.15, -0.1) is 25.3 Å². The van der Waals surface area contributed by atoms with Crippen LogP contribution in [0.3, 0.4) is 0 Å². The summed E-state index contributed by atoms with van der Waals surface area (Å²) in [5.41, 5.74) is 0. The summed E-state index contributed by atoms with van der Waals surface area (Å²) in [5, 5.41) is 0. The van der Waals surface area contributed by atoms with Crippen LogP contribution in [0.5, 0.6) is 0 Å². The standard InChI is InChI=1S/C6H6S2.Ni/c7-5-3-1-2-4-6(5)8;/h1-4,7-8H;. The Balaban J connectivity index is 0.000000640. The van der Waals surface area contributed by atoms with Crippen LogP contribution in [0.15, 0.2) is 34.1 Å². The van der Waals surface area contributed by atoms with E-state index >= 15 is 0 Å². The van der Waals surface area contributed by atoms with Crippen molar-refractivity contribution >= 4 is 25.3 Å². The van der Waals surface area contributed by atoms with Gasteiger partial charge in [0.25, 0.3) is 0 Å². The van der Waals surface area contributed by atoms with Gasteiger partial charge in [-0.05, 0) is 12.1 Å². The number of benzene rings is 1. The fourth-order valence-electron chi connectivity index (χ4n) is 0.464. The van der Waals surface area contributed by atoms with Gasteiger partial charge in [0.15, 0.2) is 0 Å². The predicted octanol–water partition coefficient (Wildman–Crippen LogP) is 2.26. The van der Waals surface area contributed by atoms with Gasteiger partial charge in [0.05, 0.1) is 0 Å². The van der Waals surface area contributed by atoms with Crippen molar-refractivity contribution in [3.05, 3.63) is 24.3 Å². The van der Waals surface area contributed by atoms with Crippen molar-refractivity contribution in [1.29, 1.82) is 0 Å². The van der Waals surface area contributed by atoms with Crippen LogP contribution < -0.4 is 0 Å². The SMILES string of the molecule is Sc1ccccc1S.[Ni]. The molecule has 9 heavy (non-hydrogen) atoms. The van der Waals surface area contributed by atoms with Crippen molar-refractivity contribution in [3.8, 4) is 0 Å². The Morgan fingerprint density at radius 1 is 0.889 bits per heavy atom. The van der Waals surface area contributed by atoms with E-state index in [0.717, 1.165) is 9.79 Å². The van der Waals surface area contributed by atoms with Crippen LogP contribution in [0.25, 0.3) is 0 Å². The van der Waals surface area contributed by atoms with Crippen LogP contribution in [0.4, 0.5) is 0 Å². The van der Waals surface area contributed by atoms with E-state index in [2.05, 4.69) is 25.3 Å². The Morgan fingerprint density at radius 3 is 1.44 bits per heavy atom. The summed E-state index contributed by atoms with van der Waals surface area (Å²) in [6, 6.07) is 7.68. The third kappa shape index (κ3) is 2.66. The van der Waals surface area contributed by atoms with Crippen molar-refractivity contribution in [3.63, 3.8) is 0 Å². The Hall–Kier alpha value is 0.414. The van der Waals surface area contributed by atoms with Crippen LogP contribution in [-0.4, -0.2) is 0 Å². The minimum atomic E-state index is 0. The Labute approximate surface area is 75.8 Å². The van der Waals surface area contributed by atoms with Crippen LogP contribution >= 0.6 is 25.3 Å². The number of thiol groups is 2. The Morgan fingerprint density at radius 2 is 1.22 bits per heavy atom. The van der Waals surface area contributed by atoms with E-state index in [4.69, 9.17) is 0 Å². The van der Waals surface area contributed by atoms with Gasteiger partial charge in [-0.1, -0.05) is 12.1 Å². The minimum Gasteiger partial charge on any atom is -0.142 e. The van der Waals surface area contributed by atoms with E-state index in [0.29, 0.717) is 0 Å². The molecule has 0 fully saturated rings. The summed E-state index contributed by atoms with van der Waals surface area (Å²) in [4.78, 5) is 1.85. The monoisotopic (exact) mass is 200 g/mol. The maximum Gasteiger partial charge on any atom is 0.0174 e. The Kier molecular flexibility index (Phi) is 4.46. The largest absolute Gasteiger partial charge is 0.142 e. The number of hydrogen-bond donors (Lipinski definition) is 2. The minimum absolute atomic E-state index is 0. The Bertz CT molecular complexity index is 167. The molecule has 52 valence electrons. The molecule has 0 saturated heterocycles. The molecule has 0 atom stereocenters. The first kappa shape index (κ1) is 9.41. The summed E-state index contributed by atoms with van der Waals surface area (Å²) >= 11 is 8.24. The van der Waals surface area contributed by atoms with Crippen LogP contribution in [-0.2, 0) is 16.5 Å². The first-order valence-corrected chi connectivity index (χ1v) is 3.17. The smallest absolute Gasteiger partial charge is 0.0174 e. The summed E-state index contributed by atoms with van der Waals surface area (Å²) in [6.45, 7) is 0. The molecule has 0 aromatic heterocycles. The average Bonchev–Trinajstić information content (AvgIpc) is 1.77. The number of hydrogen-bond acceptors (Lipinski definition) is 2. The molecule has 0 aliphatic carbocycles. The first-order valence-electron chi connectivity index (χ1n) is 2.27. The quantitative estimate of drug-likeness (QED) is 0.466. The number of rotatable bonds is 0. The van der Waals surface area contributed by atoms with Gasteiger partial charge in [-0.25, -0.2) is 0 Å². The molecule has 1 aromatic carbocycles. The fourth-order valence-corrected chi connectivity index (χ4v) is 0.785. The molecular formula is C6H6NiS2. The molecule has 0 N–H and O–H groups in total. The van der Waals surface area contributed by atoms with Gasteiger partial charge >= 0.3 is 0 Å². The molecule has 3 heteroatoms. The molecule has 0 aliphatic heterocycles. The van der Waals surface area contributed by atoms with E-state index < -0.39 is 0 Å². The molecule has 0 unspecified atom stereocenters. The summed E-state index contributed by atoms with van der Waals surface area (Å²) in [6.07, 6.45) is 0. The molecule has 0 saturated carbocycles. The van der Waals surface area contributed by atoms with Crippen LogP contribution in [0, 0.1) is 0 Å². The summed E-state index contributed by atoms with van der Waals surface area (Å²) in [5.74, 6) is 0. The van der Waals surface area contributed by atoms with Crippen molar-refractivity contribution in [2.24, 2.45) is 0 Å². The van der Waals surface area contributed by atoms with Crippen LogP contribution in [0.1, 0.15) is 0 Å². The van der Waals surface area contributed by atoms with Gasteiger partial charge in [0.1, 0.15) is 0 Å². The third-order valence-electron chi connectivity index (χ3n) is 0.882. The summed E-state index contributed by atoms with van der Waals surface area (Å²) in [7, 11) is 0. The molecule has 0 heterocycles. The van der Waals surface area contributed by atoms with Crippen molar-refractivity contribution in [1.82, 2.24) is 0 Å². The molecule has 0 bridgehead atoms. The predicted molar refractivity (Wildman–Crippen MR) is 40.9 cm³/mol. The van der Waals surface area contributed by atoms with E-state index in [1.807, 2.05) is 24.3 Å². The second-order valence-corrected chi connectivity index (χ2v) is 2.45. The van der Waals surface area contributed by atoms with Gasteiger partial charge in [0.2, 0.25) is 0 Å². The van der Waals surface area contributed by atoms with Gasteiger partial charge in [-0.3, -0.25) is 0 Å². The normalized spacial score (nSPS) is 8.22.